The Hall–Kier alpha value is -3.85. The molecule has 15 heteroatoms. The zero-order valence-electron chi connectivity index (χ0n) is 21.7. The summed E-state index contributed by atoms with van der Waals surface area (Å²) in [5.41, 5.74) is 2.86. The summed E-state index contributed by atoms with van der Waals surface area (Å²) >= 11 is 1.05. The number of carbonyl (C=O) groups is 1. The van der Waals surface area contributed by atoms with Gasteiger partial charge in [-0.05, 0) is 25.8 Å². The molecule has 2 aliphatic rings. The topological polar surface area (TPSA) is 116 Å². The summed E-state index contributed by atoms with van der Waals surface area (Å²) < 4.78 is 47.9. The molecular weight excluding hydrogens is 547 g/mol. The number of nitrogens with one attached hydrogen (secondary N) is 1. The molecule has 0 radical (unpaired) electrons. The van der Waals surface area contributed by atoms with Crippen molar-refractivity contribution in [1.82, 2.24) is 34.3 Å². The number of carbonyl (C=O) groups excluding carboxylic acids is 1. The number of anilines is 2. The number of thiazole rings is 1. The maximum Gasteiger partial charge on any atom is 0.408 e. The Balaban J connectivity index is 1.23. The quantitative estimate of drug-likeness (QED) is 0.315. The molecule has 1 amide bonds. The standard InChI is InChI=1S/C25H26F3N9O2S/c1-14(25(26,27)28)37-13-31-34-22(37)24-33-21(11-40-24)32-23(38)17-5-19(36-9-18(30-12-36)16-3-4-16)20(6-29-17)35-7-15(8-35)10-39-2/h5-6,9,11-16H,3-4,7-8,10H2,1-2H3,(H,32,38). The minimum atomic E-state index is -4.48. The van der Waals surface area contributed by atoms with Gasteiger partial charge in [0, 0.05) is 43.6 Å². The van der Waals surface area contributed by atoms with E-state index in [1.807, 2.05) is 10.8 Å². The van der Waals surface area contributed by atoms with E-state index < -0.39 is 18.1 Å². The molecule has 0 bridgehead atoms. The number of nitrogens with zero attached hydrogens (tertiary/aromatic N) is 8. The van der Waals surface area contributed by atoms with Crippen molar-refractivity contribution in [3.63, 3.8) is 0 Å². The number of pyridine rings is 1. The molecule has 1 atom stereocenters. The summed E-state index contributed by atoms with van der Waals surface area (Å²) in [6, 6.07) is -0.123. The minimum absolute atomic E-state index is 0.0343. The first-order valence-electron chi connectivity index (χ1n) is 12.7. The Bertz CT molecular complexity index is 1520. The lowest BCUT2D eigenvalue weighted by molar-refractivity contribution is -0.162. The van der Waals surface area contributed by atoms with Crippen molar-refractivity contribution in [2.24, 2.45) is 5.92 Å². The maximum atomic E-state index is 13.3. The number of imidazole rings is 1. The molecule has 0 spiro atoms. The van der Waals surface area contributed by atoms with Gasteiger partial charge in [0.2, 0.25) is 0 Å². The van der Waals surface area contributed by atoms with Gasteiger partial charge in [-0.3, -0.25) is 9.36 Å². The molecule has 1 saturated heterocycles. The first-order chi connectivity index (χ1) is 19.2. The monoisotopic (exact) mass is 573 g/mol. The fraction of sp³-hybridized carbons (Fsp3) is 0.440. The van der Waals surface area contributed by atoms with Crippen LogP contribution in [0.5, 0.6) is 0 Å². The van der Waals surface area contributed by atoms with Gasteiger partial charge in [0.25, 0.3) is 5.91 Å². The van der Waals surface area contributed by atoms with Gasteiger partial charge in [-0.2, -0.15) is 13.2 Å². The Labute approximate surface area is 231 Å². The average molecular weight is 574 g/mol. The second-order valence-corrected chi connectivity index (χ2v) is 10.9. The highest BCUT2D eigenvalue weighted by atomic mass is 32.1. The van der Waals surface area contributed by atoms with Gasteiger partial charge >= 0.3 is 6.18 Å². The number of alkyl halides is 3. The third-order valence-electron chi connectivity index (χ3n) is 7.07. The van der Waals surface area contributed by atoms with Crippen LogP contribution in [0.15, 0.2) is 36.5 Å². The number of hydrogen-bond acceptors (Lipinski definition) is 9. The van der Waals surface area contributed by atoms with Crippen LogP contribution >= 0.6 is 11.3 Å². The summed E-state index contributed by atoms with van der Waals surface area (Å²) in [6.07, 6.45) is 4.22. The summed E-state index contributed by atoms with van der Waals surface area (Å²) in [5, 5.41) is 11.9. The Morgan fingerprint density at radius 2 is 2.02 bits per heavy atom. The highest BCUT2D eigenvalue weighted by Crippen LogP contribution is 2.40. The molecule has 6 rings (SSSR count). The number of halogens is 3. The normalized spacial score (nSPS) is 16.7. The number of rotatable bonds is 9. The van der Waals surface area contributed by atoms with E-state index in [0.29, 0.717) is 18.4 Å². The number of methoxy groups -OCH3 is 1. The highest BCUT2D eigenvalue weighted by molar-refractivity contribution is 7.13. The van der Waals surface area contributed by atoms with Gasteiger partial charge in [0.1, 0.15) is 23.9 Å². The van der Waals surface area contributed by atoms with Crippen LogP contribution in [0.2, 0.25) is 0 Å². The van der Waals surface area contributed by atoms with Crippen molar-refractivity contribution in [1.29, 1.82) is 0 Å². The van der Waals surface area contributed by atoms with Crippen molar-refractivity contribution in [3.05, 3.63) is 47.9 Å². The van der Waals surface area contributed by atoms with E-state index in [1.165, 1.54) is 5.38 Å². The van der Waals surface area contributed by atoms with E-state index in [0.717, 1.165) is 72.2 Å². The molecule has 5 heterocycles. The molecule has 40 heavy (non-hydrogen) atoms. The molecule has 0 aromatic carbocycles. The predicted octanol–water partition coefficient (Wildman–Crippen LogP) is 4.32. The van der Waals surface area contributed by atoms with Crippen molar-refractivity contribution in [2.45, 2.75) is 37.9 Å². The number of hydrogen-bond donors (Lipinski definition) is 1. The van der Waals surface area contributed by atoms with Crippen LogP contribution < -0.4 is 10.2 Å². The predicted molar refractivity (Wildman–Crippen MR) is 141 cm³/mol. The third-order valence-corrected chi connectivity index (χ3v) is 7.91. The van der Waals surface area contributed by atoms with Crippen LogP contribution in [0.3, 0.4) is 0 Å². The SMILES string of the molecule is COCC1CN(c2cnc(C(=O)Nc3csc(-c4nncn4C(C)C(F)(F)F)n3)cc2-n2cnc(C3CC3)c2)C1. The van der Waals surface area contributed by atoms with Crippen LogP contribution in [-0.4, -0.2) is 73.2 Å². The molecule has 2 fully saturated rings. The van der Waals surface area contributed by atoms with E-state index in [1.54, 1.807) is 25.7 Å². The second-order valence-electron chi connectivity index (χ2n) is 10.0. The van der Waals surface area contributed by atoms with Crippen LogP contribution in [0.4, 0.5) is 24.7 Å². The lowest BCUT2D eigenvalue weighted by atomic mass is 10.00. The van der Waals surface area contributed by atoms with E-state index in [4.69, 9.17) is 4.74 Å². The fourth-order valence-electron chi connectivity index (χ4n) is 4.63. The smallest absolute Gasteiger partial charge is 0.384 e. The van der Waals surface area contributed by atoms with Crippen LogP contribution in [0.1, 0.15) is 47.9 Å². The Morgan fingerprint density at radius 1 is 1.23 bits per heavy atom. The molecule has 4 aromatic heterocycles. The van der Waals surface area contributed by atoms with E-state index >= 15 is 0 Å². The average Bonchev–Trinajstić information content (AvgIpc) is 3.28. The fourth-order valence-corrected chi connectivity index (χ4v) is 5.37. The van der Waals surface area contributed by atoms with Gasteiger partial charge < -0.3 is 19.5 Å². The first-order valence-corrected chi connectivity index (χ1v) is 13.6. The molecule has 1 aliphatic heterocycles. The number of ether oxygens (including phenoxy) is 1. The summed E-state index contributed by atoms with van der Waals surface area (Å²) in [6.45, 7) is 3.33. The van der Waals surface area contributed by atoms with E-state index in [2.05, 4.69) is 35.4 Å². The maximum absolute atomic E-state index is 13.3. The molecule has 1 unspecified atom stereocenters. The number of amides is 1. The first kappa shape index (κ1) is 26.4. The molecule has 1 aliphatic carbocycles. The van der Waals surface area contributed by atoms with Crippen molar-refractivity contribution in [2.75, 3.05) is 37.0 Å². The molecule has 4 aromatic rings. The third kappa shape index (κ3) is 5.18. The van der Waals surface area contributed by atoms with Gasteiger partial charge in [0.15, 0.2) is 10.8 Å². The molecule has 210 valence electrons. The van der Waals surface area contributed by atoms with Crippen LogP contribution in [-0.2, 0) is 4.74 Å². The molecule has 1 N–H and O–H groups in total. The zero-order chi connectivity index (χ0) is 28.0. The molecule has 11 nitrogen and oxygen atoms in total. The summed E-state index contributed by atoms with van der Waals surface area (Å²) in [5.74, 6) is 0.546. The largest absolute Gasteiger partial charge is 0.408 e. The molecule has 1 saturated carbocycles. The molecular formula is C25H26F3N9O2S. The number of aromatic nitrogens is 7. The van der Waals surface area contributed by atoms with Crippen LogP contribution in [0, 0.1) is 5.92 Å². The minimum Gasteiger partial charge on any atom is -0.384 e. The van der Waals surface area contributed by atoms with Gasteiger partial charge in [-0.1, -0.05) is 0 Å². The van der Waals surface area contributed by atoms with E-state index in [-0.39, 0.29) is 22.3 Å². The lowest BCUT2D eigenvalue weighted by Gasteiger charge is -2.41. The van der Waals surface area contributed by atoms with Crippen molar-refractivity contribution < 1.29 is 22.7 Å². The summed E-state index contributed by atoms with van der Waals surface area (Å²) in [7, 11) is 1.69. The second kappa shape index (κ2) is 10.3. The van der Waals surface area contributed by atoms with E-state index in [9.17, 15) is 18.0 Å². The van der Waals surface area contributed by atoms with Gasteiger partial charge in [-0.15, -0.1) is 21.5 Å². The van der Waals surface area contributed by atoms with Crippen molar-refractivity contribution >= 4 is 28.7 Å². The van der Waals surface area contributed by atoms with Crippen LogP contribution in [0.25, 0.3) is 16.5 Å². The highest BCUT2D eigenvalue weighted by Gasteiger charge is 2.39. The Morgan fingerprint density at radius 3 is 2.75 bits per heavy atom. The van der Waals surface area contributed by atoms with Crippen molar-refractivity contribution in [3.8, 4) is 16.5 Å². The summed E-state index contributed by atoms with van der Waals surface area (Å²) in [4.78, 5) is 28.6. The van der Waals surface area contributed by atoms with Gasteiger partial charge in [-0.25, -0.2) is 15.0 Å². The lowest BCUT2D eigenvalue weighted by Crippen LogP contribution is -2.49. The Kier molecular flexibility index (Phi) is 6.78. The van der Waals surface area contributed by atoms with Gasteiger partial charge in [0.05, 0.1) is 36.2 Å². The zero-order valence-corrected chi connectivity index (χ0v) is 22.5.